The number of guanidine groups is 1. The molecule has 0 aliphatic carbocycles. The Kier molecular flexibility index (Phi) is 5.28. The van der Waals surface area contributed by atoms with Crippen LogP contribution in [0.5, 0.6) is 0 Å². The molecule has 2 heterocycles. The third kappa shape index (κ3) is 4.35. The highest BCUT2D eigenvalue weighted by molar-refractivity contribution is 5.79. The molecule has 6 heteroatoms. The van der Waals surface area contributed by atoms with Gasteiger partial charge in [0.25, 0.3) is 0 Å². The molecular formula is C19H22FN5. The Balaban J connectivity index is 1.54. The minimum absolute atomic E-state index is 0.221. The van der Waals surface area contributed by atoms with Gasteiger partial charge in [0.2, 0.25) is 0 Å². The second kappa shape index (κ2) is 7.79. The number of imidazole rings is 1. The van der Waals surface area contributed by atoms with Gasteiger partial charge >= 0.3 is 0 Å². The highest BCUT2D eigenvalue weighted by Crippen LogP contribution is 2.07. The summed E-state index contributed by atoms with van der Waals surface area (Å²) in [6.07, 6.45) is 4.85. The topological polar surface area (TPSA) is 44.9 Å². The van der Waals surface area contributed by atoms with Crippen molar-refractivity contribution in [1.29, 1.82) is 0 Å². The van der Waals surface area contributed by atoms with E-state index >= 15 is 0 Å². The first-order valence-electron chi connectivity index (χ1n) is 8.24. The lowest BCUT2D eigenvalue weighted by Crippen LogP contribution is -2.39. The lowest BCUT2D eigenvalue weighted by atomic mass is 10.2. The van der Waals surface area contributed by atoms with Crippen molar-refractivity contribution in [2.75, 3.05) is 20.6 Å². The Bertz CT molecular complexity index is 821. The van der Waals surface area contributed by atoms with E-state index in [1.54, 1.807) is 19.2 Å². The summed E-state index contributed by atoms with van der Waals surface area (Å²) >= 11 is 0. The van der Waals surface area contributed by atoms with Crippen molar-refractivity contribution in [3.8, 4) is 0 Å². The van der Waals surface area contributed by atoms with Crippen LogP contribution in [-0.2, 0) is 13.0 Å². The van der Waals surface area contributed by atoms with E-state index < -0.39 is 0 Å². The summed E-state index contributed by atoms with van der Waals surface area (Å²) in [5.41, 5.74) is 3.03. The zero-order valence-electron chi connectivity index (χ0n) is 14.5. The zero-order valence-corrected chi connectivity index (χ0v) is 14.5. The molecule has 0 bridgehead atoms. The van der Waals surface area contributed by atoms with Gasteiger partial charge in [-0.25, -0.2) is 9.37 Å². The van der Waals surface area contributed by atoms with Gasteiger partial charge in [-0.3, -0.25) is 4.99 Å². The number of aliphatic imine (C=N–C) groups is 1. The Morgan fingerprint density at radius 3 is 2.76 bits per heavy atom. The van der Waals surface area contributed by atoms with Crippen LogP contribution in [0.4, 0.5) is 4.39 Å². The fourth-order valence-electron chi connectivity index (χ4n) is 2.73. The quantitative estimate of drug-likeness (QED) is 0.574. The van der Waals surface area contributed by atoms with E-state index in [9.17, 15) is 4.39 Å². The van der Waals surface area contributed by atoms with Gasteiger partial charge in [0.15, 0.2) is 5.96 Å². The molecule has 0 saturated carbocycles. The minimum atomic E-state index is -0.221. The molecular weight excluding hydrogens is 317 g/mol. The van der Waals surface area contributed by atoms with Crippen LogP contribution in [0, 0.1) is 5.82 Å². The third-order valence-corrected chi connectivity index (χ3v) is 3.98. The molecule has 130 valence electrons. The van der Waals surface area contributed by atoms with E-state index in [0.29, 0.717) is 6.54 Å². The van der Waals surface area contributed by atoms with Crippen LogP contribution in [0.3, 0.4) is 0 Å². The zero-order chi connectivity index (χ0) is 17.6. The molecule has 5 nitrogen and oxygen atoms in total. The van der Waals surface area contributed by atoms with Crippen LogP contribution in [0.15, 0.2) is 59.9 Å². The number of hydrogen-bond donors (Lipinski definition) is 1. The smallest absolute Gasteiger partial charge is 0.193 e. The van der Waals surface area contributed by atoms with E-state index in [1.165, 1.54) is 12.1 Å². The van der Waals surface area contributed by atoms with Crippen molar-refractivity contribution >= 4 is 11.6 Å². The van der Waals surface area contributed by atoms with Crippen molar-refractivity contribution in [1.82, 2.24) is 19.6 Å². The number of fused-ring (bicyclic) bond motifs is 1. The van der Waals surface area contributed by atoms with Crippen LogP contribution in [0.25, 0.3) is 5.65 Å². The molecule has 0 amide bonds. The number of benzene rings is 1. The average molecular weight is 339 g/mol. The lowest BCUT2D eigenvalue weighted by Gasteiger charge is -2.22. The van der Waals surface area contributed by atoms with Crippen LogP contribution in [0.1, 0.15) is 11.3 Å². The fraction of sp³-hybridized carbons (Fsp3) is 0.263. The Morgan fingerprint density at radius 1 is 1.24 bits per heavy atom. The summed E-state index contributed by atoms with van der Waals surface area (Å²) in [7, 11) is 3.72. The first kappa shape index (κ1) is 17.0. The highest BCUT2D eigenvalue weighted by Gasteiger charge is 2.07. The molecule has 0 atom stereocenters. The van der Waals surface area contributed by atoms with E-state index in [1.807, 2.05) is 46.9 Å². The molecule has 0 radical (unpaired) electrons. The molecule has 3 aromatic rings. The molecule has 25 heavy (non-hydrogen) atoms. The van der Waals surface area contributed by atoms with Gasteiger partial charge in [-0.1, -0.05) is 18.2 Å². The Labute approximate surface area is 146 Å². The monoisotopic (exact) mass is 339 g/mol. The van der Waals surface area contributed by atoms with E-state index in [4.69, 9.17) is 0 Å². The minimum Gasteiger partial charge on any atom is -0.356 e. The molecule has 0 unspecified atom stereocenters. The van der Waals surface area contributed by atoms with E-state index in [2.05, 4.69) is 15.3 Å². The molecule has 0 spiro atoms. The normalized spacial score (nSPS) is 11.7. The van der Waals surface area contributed by atoms with Crippen LogP contribution >= 0.6 is 0 Å². The molecule has 1 aromatic carbocycles. The van der Waals surface area contributed by atoms with Gasteiger partial charge < -0.3 is 14.6 Å². The van der Waals surface area contributed by atoms with Gasteiger partial charge in [-0.2, -0.15) is 0 Å². The lowest BCUT2D eigenvalue weighted by molar-refractivity contribution is 0.476. The van der Waals surface area contributed by atoms with Crippen LogP contribution < -0.4 is 5.32 Å². The van der Waals surface area contributed by atoms with Gasteiger partial charge in [-0.15, -0.1) is 0 Å². The second-order valence-corrected chi connectivity index (χ2v) is 5.90. The number of pyridine rings is 1. The molecule has 2 aromatic heterocycles. The first-order chi connectivity index (χ1) is 12.2. The van der Waals surface area contributed by atoms with Gasteiger partial charge in [0.05, 0.1) is 5.69 Å². The molecule has 0 aliphatic rings. The maximum atomic E-state index is 13.0. The molecule has 3 rings (SSSR count). The largest absolute Gasteiger partial charge is 0.356 e. The van der Waals surface area contributed by atoms with E-state index in [-0.39, 0.29) is 5.82 Å². The number of nitrogens with zero attached hydrogens (tertiary/aromatic N) is 4. The SMILES string of the molecule is CN=C(NCCc1cn2ccccc2n1)N(C)Cc1ccc(F)cc1. The molecule has 0 saturated heterocycles. The number of halogens is 1. The number of hydrogen-bond acceptors (Lipinski definition) is 2. The standard InChI is InChI=1S/C19H22FN5/c1-21-19(24(2)13-15-6-8-16(20)9-7-15)22-11-10-17-14-25-12-4-3-5-18(25)23-17/h3-9,12,14H,10-11,13H2,1-2H3,(H,21,22). The second-order valence-electron chi connectivity index (χ2n) is 5.90. The molecule has 1 N–H and O–H groups in total. The van der Waals surface area contributed by atoms with Crippen molar-refractivity contribution in [2.24, 2.45) is 4.99 Å². The first-order valence-corrected chi connectivity index (χ1v) is 8.24. The summed E-state index contributed by atoms with van der Waals surface area (Å²) < 4.78 is 15.0. The highest BCUT2D eigenvalue weighted by atomic mass is 19.1. The van der Waals surface area contributed by atoms with Crippen molar-refractivity contribution in [3.05, 3.63) is 71.9 Å². The fourth-order valence-corrected chi connectivity index (χ4v) is 2.73. The molecule has 0 fully saturated rings. The summed E-state index contributed by atoms with van der Waals surface area (Å²) in [6.45, 7) is 1.40. The summed E-state index contributed by atoms with van der Waals surface area (Å²) in [5.74, 6) is 0.578. The number of nitrogens with one attached hydrogen (secondary N) is 1. The molecule has 0 aliphatic heterocycles. The number of aromatic nitrogens is 2. The van der Waals surface area contributed by atoms with Crippen molar-refractivity contribution in [3.63, 3.8) is 0 Å². The van der Waals surface area contributed by atoms with Gasteiger partial charge in [0.1, 0.15) is 11.5 Å². The predicted octanol–water partition coefficient (Wildman–Crippen LogP) is 2.72. The van der Waals surface area contributed by atoms with Crippen LogP contribution in [-0.4, -0.2) is 40.9 Å². The predicted molar refractivity (Wildman–Crippen MR) is 98.1 cm³/mol. The summed E-state index contributed by atoms with van der Waals surface area (Å²) in [6, 6.07) is 12.5. The van der Waals surface area contributed by atoms with Gasteiger partial charge in [-0.05, 0) is 29.8 Å². The van der Waals surface area contributed by atoms with E-state index in [0.717, 1.165) is 35.8 Å². The Morgan fingerprint density at radius 2 is 2.04 bits per heavy atom. The summed E-state index contributed by atoms with van der Waals surface area (Å²) in [4.78, 5) is 10.9. The maximum absolute atomic E-state index is 13.0. The van der Waals surface area contributed by atoms with Gasteiger partial charge in [0, 0.05) is 46.0 Å². The maximum Gasteiger partial charge on any atom is 0.193 e. The van der Waals surface area contributed by atoms with Crippen molar-refractivity contribution < 1.29 is 4.39 Å². The Hall–Kier alpha value is -2.89. The third-order valence-electron chi connectivity index (χ3n) is 3.98. The average Bonchev–Trinajstić information content (AvgIpc) is 3.03. The number of rotatable bonds is 5. The van der Waals surface area contributed by atoms with Crippen molar-refractivity contribution in [2.45, 2.75) is 13.0 Å². The summed E-state index contributed by atoms with van der Waals surface area (Å²) in [5, 5.41) is 3.35. The van der Waals surface area contributed by atoms with Crippen LogP contribution in [0.2, 0.25) is 0 Å².